The average molecular weight is 446 g/mol. The zero-order chi connectivity index (χ0) is 23.1. The molecule has 2 fully saturated rings. The van der Waals surface area contributed by atoms with Crippen molar-refractivity contribution in [3.05, 3.63) is 29.8 Å². The van der Waals surface area contributed by atoms with E-state index in [-0.39, 0.29) is 29.9 Å². The molecule has 1 aromatic rings. The summed E-state index contributed by atoms with van der Waals surface area (Å²) >= 11 is 0. The maximum Gasteiger partial charge on any atom is 0.246 e. The van der Waals surface area contributed by atoms with Crippen LogP contribution >= 0.6 is 0 Å². The number of unbranched alkanes of at least 4 members (excludes halogenated alkanes) is 3. The molecule has 0 aromatic heterocycles. The van der Waals surface area contributed by atoms with E-state index < -0.39 is 24.0 Å². The van der Waals surface area contributed by atoms with Crippen LogP contribution in [0.4, 0.5) is 0 Å². The summed E-state index contributed by atoms with van der Waals surface area (Å²) < 4.78 is 0. The minimum Gasteiger partial charge on any atom is -0.508 e. The van der Waals surface area contributed by atoms with Crippen molar-refractivity contribution in [2.24, 2.45) is 17.4 Å². The van der Waals surface area contributed by atoms with Gasteiger partial charge >= 0.3 is 0 Å². The van der Waals surface area contributed by atoms with Crippen molar-refractivity contribution in [2.75, 3.05) is 19.6 Å². The molecular formula is C23H35N5O4. The van der Waals surface area contributed by atoms with E-state index in [4.69, 9.17) is 11.5 Å². The lowest BCUT2D eigenvalue weighted by Gasteiger charge is -2.38. The fourth-order valence-electron chi connectivity index (χ4n) is 4.70. The first kappa shape index (κ1) is 24.0. The van der Waals surface area contributed by atoms with Crippen LogP contribution in [-0.4, -0.2) is 59.4 Å². The molecule has 32 heavy (non-hydrogen) atoms. The van der Waals surface area contributed by atoms with Gasteiger partial charge in [0.2, 0.25) is 17.7 Å². The number of nitrogens with two attached hydrogens (primary N) is 2. The van der Waals surface area contributed by atoms with Crippen LogP contribution < -0.4 is 22.1 Å². The number of nitrogens with zero attached hydrogens (tertiary/aromatic N) is 1. The van der Waals surface area contributed by atoms with Crippen LogP contribution in [0.2, 0.25) is 0 Å². The number of aromatic hydroxyl groups is 1. The molecule has 0 saturated carbocycles. The van der Waals surface area contributed by atoms with E-state index in [2.05, 4.69) is 10.6 Å². The normalized spacial score (nSPS) is 24.9. The second-order valence-corrected chi connectivity index (χ2v) is 8.63. The molecule has 2 aliphatic rings. The fourth-order valence-corrected chi connectivity index (χ4v) is 4.70. The summed E-state index contributed by atoms with van der Waals surface area (Å²) in [4.78, 5) is 41.0. The number of nitrogens with one attached hydrogen (secondary N) is 2. The van der Waals surface area contributed by atoms with E-state index in [0.717, 1.165) is 37.7 Å². The number of hydrogen-bond donors (Lipinski definition) is 5. The molecule has 3 rings (SSSR count). The number of phenolic OH excluding ortho intramolecular Hbond substituents is 1. The molecule has 9 heteroatoms. The largest absolute Gasteiger partial charge is 0.508 e. The van der Waals surface area contributed by atoms with Crippen LogP contribution in [0.25, 0.3) is 0 Å². The lowest BCUT2D eigenvalue weighted by atomic mass is 9.92. The number of hydrogen-bond acceptors (Lipinski definition) is 6. The number of fused-ring (bicyclic) bond motifs is 1. The molecule has 2 heterocycles. The first-order chi connectivity index (χ1) is 15.5. The Morgan fingerprint density at radius 1 is 1.06 bits per heavy atom. The summed E-state index contributed by atoms with van der Waals surface area (Å²) in [5, 5.41) is 15.5. The minimum absolute atomic E-state index is 0.103. The Balaban J connectivity index is 1.81. The highest BCUT2D eigenvalue weighted by atomic mass is 16.3. The van der Waals surface area contributed by atoms with Gasteiger partial charge in [0, 0.05) is 6.54 Å². The van der Waals surface area contributed by atoms with Crippen molar-refractivity contribution in [3.63, 3.8) is 0 Å². The molecule has 2 saturated heterocycles. The molecule has 1 aromatic carbocycles. The van der Waals surface area contributed by atoms with E-state index in [0.29, 0.717) is 26.1 Å². The lowest BCUT2D eigenvalue weighted by molar-refractivity contribution is -0.149. The Kier molecular flexibility index (Phi) is 8.46. The van der Waals surface area contributed by atoms with Crippen molar-refractivity contribution in [3.8, 4) is 5.75 Å². The molecule has 4 atom stereocenters. The predicted octanol–water partition coefficient (Wildman–Crippen LogP) is 0.523. The van der Waals surface area contributed by atoms with E-state index in [1.807, 2.05) is 0 Å². The Bertz CT molecular complexity index is 800. The standard InChI is InChI=1S/C23H35N5O4/c24-11-3-1-5-13-26-21(30)17-14-19-22(31)27-18(6-2-4-12-25)23(32)28(19)20(17)15-7-9-16(29)10-8-15/h7-10,17-20,29H,1-6,11-14,24-25H2,(H,26,30)(H,27,31)/t17-,18+,19-,20-/m1/s1. The highest BCUT2D eigenvalue weighted by Gasteiger charge is 2.54. The summed E-state index contributed by atoms with van der Waals surface area (Å²) in [6.45, 7) is 1.69. The van der Waals surface area contributed by atoms with Crippen LogP contribution in [0, 0.1) is 5.92 Å². The van der Waals surface area contributed by atoms with Gasteiger partial charge in [0.15, 0.2) is 0 Å². The molecule has 3 amide bonds. The Labute approximate surface area is 188 Å². The molecule has 0 aliphatic carbocycles. The second kappa shape index (κ2) is 11.3. The van der Waals surface area contributed by atoms with Gasteiger partial charge in [-0.05, 0) is 69.3 Å². The number of piperazine rings is 1. The van der Waals surface area contributed by atoms with Gasteiger partial charge in [-0.3, -0.25) is 14.4 Å². The highest BCUT2D eigenvalue weighted by molar-refractivity contribution is 5.99. The molecule has 9 nitrogen and oxygen atoms in total. The topological polar surface area (TPSA) is 151 Å². The van der Waals surface area contributed by atoms with Gasteiger partial charge in [0.1, 0.15) is 17.8 Å². The lowest BCUT2D eigenvalue weighted by Crippen LogP contribution is -2.61. The third-order valence-electron chi connectivity index (χ3n) is 6.36. The predicted molar refractivity (Wildman–Crippen MR) is 120 cm³/mol. The number of rotatable bonds is 11. The van der Waals surface area contributed by atoms with Gasteiger partial charge in [0.25, 0.3) is 0 Å². The molecule has 0 spiro atoms. The fraction of sp³-hybridized carbons (Fsp3) is 0.609. The van der Waals surface area contributed by atoms with Crippen molar-refractivity contribution in [1.82, 2.24) is 15.5 Å². The smallest absolute Gasteiger partial charge is 0.246 e. The Hall–Kier alpha value is -2.65. The van der Waals surface area contributed by atoms with Crippen molar-refractivity contribution < 1.29 is 19.5 Å². The van der Waals surface area contributed by atoms with Gasteiger partial charge < -0.3 is 32.1 Å². The van der Waals surface area contributed by atoms with Crippen LogP contribution in [-0.2, 0) is 14.4 Å². The monoisotopic (exact) mass is 445 g/mol. The Morgan fingerprint density at radius 3 is 2.44 bits per heavy atom. The van der Waals surface area contributed by atoms with Gasteiger partial charge in [-0.25, -0.2) is 0 Å². The van der Waals surface area contributed by atoms with Crippen LogP contribution in [0.5, 0.6) is 5.75 Å². The number of carbonyl (C=O) groups excluding carboxylic acids is 3. The zero-order valence-corrected chi connectivity index (χ0v) is 18.5. The van der Waals surface area contributed by atoms with Gasteiger partial charge in [-0.1, -0.05) is 18.6 Å². The summed E-state index contributed by atoms with van der Waals surface area (Å²) in [5.41, 5.74) is 11.8. The first-order valence-electron chi connectivity index (χ1n) is 11.6. The third kappa shape index (κ3) is 5.39. The van der Waals surface area contributed by atoms with E-state index in [1.165, 1.54) is 12.1 Å². The maximum atomic E-state index is 13.4. The average Bonchev–Trinajstić information content (AvgIpc) is 3.19. The number of carbonyl (C=O) groups is 3. The van der Waals surface area contributed by atoms with Crippen LogP contribution in [0.15, 0.2) is 24.3 Å². The molecule has 176 valence electrons. The van der Waals surface area contributed by atoms with Crippen molar-refractivity contribution in [2.45, 2.75) is 63.1 Å². The number of amides is 3. The summed E-state index contributed by atoms with van der Waals surface area (Å²) in [5.74, 6) is -0.985. The molecule has 0 bridgehead atoms. The van der Waals surface area contributed by atoms with Crippen molar-refractivity contribution >= 4 is 17.7 Å². The van der Waals surface area contributed by atoms with Crippen LogP contribution in [0.1, 0.15) is 56.6 Å². The summed E-state index contributed by atoms with van der Waals surface area (Å²) in [7, 11) is 0. The summed E-state index contributed by atoms with van der Waals surface area (Å²) in [6.07, 6.45) is 4.98. The van der Waals surface area contributed by atoms with Crippen molar-refractivity contribution in [1.29, 1.82) is 0 Å². The minimum atomic E-state index is -0.681. The third-order valence-corrected chi connectivity index (χ3v) is 6.36. The molecule has 0 radical (unpaired) electrons. The first-order valence-corrected chi connectivity index (χ1v) is 11.6. The van der Waals surface area contributed by atoms with Gasteiger partial charge in [-0.2, -0.15) is 0 Å². The zero-order valence-electron chi connectivity index (χ0n) is 18.5. The highest BCUT2D eigenvalue weighted by Crippen LogP contribution is 2.43. The van der Waals surface area contributed by atoms with Crippen LogP contribution in [0.3, 0.4) is 0 Å². The van der Waals surface area contributed by atoms with E-state index in [1.54, 1.807) is 17.0 Å². The summed E-state index contributed by atoms with van der Waals surface area (Å²) in [6, 6.07) is 4.67. The molecule has 7 N–H and O–H groups in total. The SMILES string of the molecule is NCCCCCNC(=O)[C@@H]1C[C@@H]2C(=O)N[C@@H](CCCCN)C(=O)N2[C@@H]1c1ccc(O)cc1. The van der Waals surface area contributed by atoms with Gasteiger partial charge in [0.05, 0.1) is 12.0 Å². The molecule has 2 aliphatic heterocycles. The second-order valence-electron chi connectivity index (χ2n) is 8.63. The number of phenols is 1. The molecule has 0 unspecified atom stereocenters. The maximum absolute atomic E-state index is 13.4. The molecular weight excluding hydrogens is 410 g/mol. The van der Waals surface area contributed by atoms with E-state index in [9.17, 15) is 19.5 Å². The quantitative estimate of drug-likeness (QED) is 0.313. The Morgan fingerprint density at radius 2 is 1.75 bits per heavy atom. The van der Waals surface area contributed by atoms with E-state index >= 15 is 0 Å². The van der Waals surface area contributed by atoms with Gasteiger partial charge in [-0.15, -0.1) is 0 Å². The number of benzene rings is 1.